The van der Waals surface area contributed by atoms with Crippen molar-refractivity contribution in [3.63, 3.8) is 0 Å². The van der Waals surface area contributed by atoms with Crippen LogP contribution in [0, 0.1) is 0 Å². The molecule has 0 bridgehead atoms. The first kappa shape index (κ1) is 16.2. The Labute approximate surface area is 148 Å². The molecule has 0 saturated heterocycles. The van der Waals surface area contributed by atoms with Gasteiger partial charge in [-0.05, 0) is 18.6 Å². The third-order valence-corrected chi connectivity index (χ3v) is 6.53. The Hall–Kier alpha value is -2.23. The van der Waals surface area contributed by atoms with Gasteiger partial charge in [0.1, 0.15) is 5.65 Å². The van der Waals surface area contributed by atoms with E-state index in [9.17, 15) is 13.2 Å². The first-order valence-electron chi connectivity index (χ1n) is 7.55. The zero-order valence-electron chi connectivity index (χ0n) is 13.3. The zero-order valence-corrected chi connectivity index (χ0v) is 14.8. The van der Waals surface area contributed by atoms with Crippen molar-refractivity contribution < 1.29 is 8.42 Å². The highest BCUT2D eigenvalue weighted by atomic mass is 35.5. The number of aryl methyl sites for hydroxylation is 1. The van der Waals surface area contributed by atoms with Gasteiger partial charge in [0.25, 0.3) is 15.6 Å². The van der Waals surface area contributed by atoms with Crippen molar-refractivity contribution in [3.05, 3.63) is 57.5 Å². The van der Waals surface area contributed by atoms with Gasteiger partial charge in [-0.2, -0.15) is 4.31 Å². The maximum atomic E-state index is 13.1. The lowest BCUT2D eigenvalue weighted by Crippen LogP contribution is -2.40. The Kier molecular flexibility index (Phi) is 3.67. The smallest absolute Gasteiger partial charge is 0.262 e. The van der Waals surface area contributed by atoms with Crippen LogP contribution >= 0.6 is 11.6 Å². The van der Waals surface area contributed by atoms with Gasteiger partial charge in [-0.1, -0.05) is 17.7 Å². The summed E-state index contributed by atoms with van der Waals surface area (Å²) < 4.78 is 30.4. The van der Waals surface area contributed by atoms with E-state index in [0.29, 0.717) is 23.3 Å². The van der Waals surface area contributed by atoms with E-state index in [4.69, 9.17) is 11.6 Å². The largest absolute Gasteiger partial charge is 0.302 e. The molecule has 0 unspecified atom stereocenters. The summed E-state index contributed by atoms with van der Waals surface area (Å²) in [6.07, 6.45) is 3.31. The lowest BCUT2D eigenvalue weighted by Gasteiger charge is -2.26. The minimum absolute atomic E-state index is 0.0319. The topological polar surface area (TPSA) is 89.6 Å². The molecule has 0 amide bonds. The van der Waals surface area contributed by atoms with Crippen molar-refractivity contribution in [1.82, 2.24) is 23.2 Å². The minimum Gasteiger partial charge on any atom is -0.302 e. The number of rotatable bonds is 2. The van der Waals surface area contributed by atoms with E-state index in [1.807, 2.05) is 0 Å². The van der Waals surface area contributed by atoms with E-state index >= 15 is 0 Å². The molecule has 0 aromatic carbocycles. The second-order valence-electron chi connectivity index (χ2n) is 5.81. The van der Waals surface area contributed by atoms with Gasteiger partial charge in [-0.15, -0.1) is 0 Å². The predicted octanol–water partition coefficient (Wildman–Crippen LogP) is 0.828. The van der Waals surface area contributed by atoms with E-state index < -0.39 is 10.0 Å². The average molecular weight is 380 g/mol. The Bertz CT molecular complexity index is 1150. The molecule has 0 radical (unpaired) electrons. The van der Waals surface area contributed by atoms with Crippen molar-refractivity contribution in [1.29, 1.82) is 0 Å². The zero-order chi connectivity index (χ0) is 17.8. The van der Waals surface area contributed by atoms with Crippen LogP contribution in [0.25, 0.3) is 5.65 Å². The maximum Gasteiger partial charge on any atom is 0.262 e. The van der Waals surface area contributed by atoms with E-state index in [-0.39, 0.29) is 28.8 Å². The molecule has 3 aromatic heterocycles. The van der Waals surface area contributed by atoms with Crippen LogP contribution in [0.2, 0.25) is 5.15 Å². The number of sulfonamides is 1. The molecule has 4 rings (SSSR count). The second kappa shape index (κ2) is 5.65. The first-order valence-corrected chi connectivity index (χ1v) is 9.37. The molecular weight excluding hydrogens is 366 g/mol. The Balaban J connectivity index is 1.80. The van der Waals surface area contributed by atoms with Crippen LogP contribution in [-0.2, 0) is 30.0 Å². The summed E-state index contributed by atoms with van der Waals surface area (Å²) >= 11 is 6.11. The Morgan fingerprint density at radius 1 is 1.28 bits per heavy atom. The van der Waals surface area contributed by atoms with Gasteiger partial charge in [0, 0.05) is 25.4 Å². The van der Waals surface area contributed by atoms with Crippen molar-refractivity contribution in [2.45, 2.75) is 18.0 Å². The Morgan fingerprint density at radius 2 is 2.08 bits per heavy atom. The normalized spacial score (nSPS) is 15.4. The molecule has 8 nitrogen and oxygen atoms in total. The van der Waals surface area contributed by atoms with Gasteiger partial charge < -0.3 is 4.57 Å². The molecule has 1 aliphatic rings. The van der Waals surface area contributed by atoms with Crippen LogP contribution < -0.4 is 5.56 Å². The van der Waals surface area contributed by atoms with Gasteiger partial charge >= 0.3 is 0 Å². The molecule has 1 aliphatic heterocycles. The van der Waals surface area contributed by atoms with Crippen LogP contribution in [0.3, 0.4) is 0 Å². The highest BCUT2D eigenvalue weighted by Crippen LogP contribution is 2.28. The van der Waals surface area contributed by atoms with Crippen molar-refractivity contribution in [2.24, 2.45) is 7.05 Å². The van der Waals surface area contributed by atoms with Gasteiger partial charge in [0.05, 0.1) is 18.6 Å². The number of imidazole rings is 1. The number of aromatic nitrogens is 4. The summed E-state index contributed by atoms with van der Waals surface area (Å²) in [5, 5.41) is -0.147. The van der Waals surface area contributed by atoms with Crippen molar-refractivity contribution in [2.75, 3.05) is 6.54 Å². The fourth-order valence-electron chi connectivity index (χ4n) is 3.00. The van der Waals surface area contributed by atoms with Gasteiger partial charge in [0.2, 0.25) is 0 Å². The number of hydrogen-bond donors (Lipinski definition) is 0. The highest BCUT2D eigenvalue weighted by molar-refractivity contribution is 7.89. The van der Waals surface area contributed by atoms with Crippen LogP contribution in [0.15, 0.2) is 40.5 Å². The van der Waals surface area contributed by atoms with Crippen LogP contribution in [-0.4, -0.2) is 38.2 Å². The van der Waals surface area contributed by atoms with Gasteiger partial charge in [0.15, 0.2) is 10.2 Å². The molecule has 0 N–H and O–H groups in total. The van der Waals surface area contributed by atoms with E-state index in [1.165, 1.54) is 19.6 Å². The molecule has 25 heavy (non-hydrogen) atoms. The first-order chi connectivity index (χ1) is 11.9. The van der Waals surface area contributed by atoms with E-state index in [2.05, 4.69) is 9.97 Å². The summed E-state index contributed by atoms with van der Waals surface area (Å²) in [6.45, 7) is 0.219. The third kappa shape index (κ3) is 2.46. The fourth-order valence-corrected chi connectivity index (χ4v) is 5.00. The molecule has 10 heteroatoms. The number of fused-ring (bicyclic) bond motifs is 2. The summed E-state index contributed by atoms with van der Waals surface area (Å²) in [4.78, 5) is 20.5. The summed E-state index contributed by atoms with van der Waals surface area (Å²) in [7, 11) is -2.27. The summed E-state index contributed by atoms with van der Waals surface area (Å²) in [6, 6.07) is 5.15. The standard InChI is InChI=1S/C15H14ClN5O3S/c1-19-9-17-11-8-20(7-5-10(11)14(19)22)25(23,24)15-13(16)18-12-4-2-3-6-21(12)15/h2-4,6,9H,5,7-8H2,1H3. The maximum absolute atomic E-state index is 13.1. The second-order valence-corrected chi connectivity index (χ2v) is 8.02. The molecule has 3 aromatic rings. The number of halogens is 1. The lowest BCUT2D eigenvalue weighted by atomic mass is 10.1. The number of hydrogen-bond acceptors (Lipinski definition) is 5. The van der Waals surface area contributed by atoms with Gasteiger partial charge in [-0.3, -0.25) is 9.20 Å². The predicted molar refractivity (Wildman–Crippen MR) is 91.0 cm³/mol. The van der Waals surface area contributed by atoms with E-state index in [1.54, 1.807) is 31.4 Å². The molecule has 4 heterocycles. The van der Waals surface area contributed by atoms with Crippen LogP contribution in [0.1, 0.15) is 11.3 Å². The fraction of sp³-hybridized carbons (Fsp3) is 0.267. The molecule has 130 valence electrons. The minimum atomic E-state index is -3.89. The number of nitrogens with zero attached hydrogens (tertiary/aromatic N) is 5. The average Bonchev–Trinajstić information content (AvgIpc) is 2.94. The molecule has 0 atom stereocenters. The molecule has 0 aliphatic carbocycles. The van der Waals surface area contributed by atoms with Crippen LogP contribution in [0.4, 0.5) is 0 Å². The summed E-state index contributed by atoms with van der Waals surface area (Å²) in [5.74, 6) is 0. The molecule has 0 fully saturated rings. The molecule has 0 saturated carbocycles. The lowest BCUT2D eigenvalue weighted by molar-refractivity contribution is 0.380. The summed E-state index contributed by atoms with van der Waals surface area (Å²) in [5.41, 5.74) is 1.34. The van der Waals surface area contributed by atoms with E-state index in [0.717, 1.165) is 0 Å². The molecule has 0 spiro atoms. The molecular formula is C15H14ClN5O3S. The monoisotopic (exact) mass is 379 g/mol. The highest BCUT2D eigenvalue weighted by Gasteiger charge is 2.34. The third-order valence-electron chi connectivity index (χ3n) is 4.28. The van der Waals surface area contributed by atoms with Gasteiger partial charge in [-0.25, -0.2) is 18.4 Å². The van der Waals surface area contributed by atoms with Crippen LogP contribution in [0.5, 0.6) is 0 Å². The number of pyridine rings is 1. The SMILES string of the molecule is Cn1cnc2c(c1=O)CCN(S(=O)(=O)c1c(Cl)nc3ccccn13)C2. The Morgan fingerprint density at radius 3 is 2.88 bits per heavy atom. The quantitative estimate of drug-likeness (QED) is 0.657. The van der Waals surface area contributed by atoms with Crippen molar-refractivity contribution in [3.8, 4) is 0 Å². The van der Waals surface area contributed by atoms with Crippen molar-refractivity contribution >= 4 is 27.3 Å².